The van der Waals surface area contributed by atoms with E-state index in [0.717, 1.165) is 19.7 Å². The van der Waals surface area contributed by atoms with Crippen LogP contribution in [-0.2, 0) is 11.3 Å². The molecule has 1 fully saturated rings. The van der Waals surface area contributed by atoms with E-state index in [1.807, 2.05) is 18.7 Å². The van der Waals surface area contributed by atoms with Gasteiger partial charge in [-0.3, -0.25) is 0 Å². The van der Waals surface area contributed by atoms with Crippen LogP contribution in [0.3, 0.4) is 0 Å². The van der Waals surface area contributed by atoms with Crippen LogP contribution < -0.4 is 5.32 Å². The first-order chi connectivity index (χ1) is 8.38. The Bertz CT molecular complexity index is 292. The van der Waals surface area contributed by atoms with E-state index in [1.54, 1.807) is 0 Å². The summed E-state index contributed by atoms with van der Waals surface area (Å²) in [7, 11) is 0. The van der Waals surface area contributed by atoms with Crippen LogP contribution in [0.2, 0.25) is 0 Å². The molecule has 2 rings (SSSR count). The minimum Gasteiger partial charge on any atom is -0.376 e. The van der Waals surface area contributed by atoms with Crippen molar-refractivity contribution in [3.8, 4) is 0 Å². The third-order valence-corrected chi connectivity index (χ3v) is 3.43. The highest BCUT2D eigenvalue weighted by atomic mass is 16.5. The number of nitrogens with zero attached hydrogens (tertiary/aromatic N) is 2. The van der Waals surface area contributed by atoms with Gasteiger partial charge in [0.05, 0.1) is 19.0 Å². The van der Waals surface area contributed by atoms with Gasteiger partial charge in [0.15, 0.2) is 0 Å². The Morgan fingerprint density at radius 1 is 1.35 bits per heavy atom. The van der Waals surface area contributed by atoms with Crippen molar-refractivity contribution in [1.82, 2.24) is 14.9 Å². The molecule has 0 saturated heterocycles. The Labute approximate surface area is 103 Å². The van der Waals surface area contributed by atoms with Crippen molar-refractivity contribution in [1.29, 1.82) is 0 Å². The highest BCUT2D eigenvalue weighted by molar-refractivity contribution is 4.77. The molecule has 17 heavy (non-hydrogen) atoms. The van der Waals surface area contributed by atoms with Gasteiger partial charge in [0.2, 0.25) is 0 Å². The Morgan fingerprint density at radius 2 is 2.18 bits per heavy atom. The van der Waals surface area contributed by atoms with Gasteiger partial charge in [-0.15, -0.1) is 0 Å². The summed E-state index contributed by atoms with van der Waals surface area (Å²) in [6.45, 7) is 4.96. The first kappa shape index (κ1) is 12.6. The molecule has 0 amide bonds. The lowest BCUT2D eigenvalue weighted by atomic mass is 9.93. The minimum absolute atomic E-state index is 0.466. The molecule has 0 atom stereocenters. The molecular formula is C13H23N3O. The lowest BCUT2D eigenvalue weighted by Gasteiger charge is -2.29. The summed E-state index contributed by atoms with van der Waals surface area (Å²) in [6, 6.07) is 0.716. The van der Waals surface area contributed by atoms with Crippen molar-refractivity contribution in [2.75, 3.05) is 13.2 Å². The Kier molecular flexibility index (Phi) is 5.01. The highest BCUT2D eigenvalue weighted by Gasteiger charge is 2.20. The van der Waals surface area contributed by atoms with Crippen molar-refractivity contribution in [3.05, 3.63) is 18.7 Å². The van der Waals surface area contributed by atoms with E-state index in [9.17, 15) is 0 Å². The average molecular weight is 237 g/mol. The fourth-order valence-corrected chi connectivity index (χ4v) is 2.47. The Balaban J connectivity index is 1.58. The molecular weight excluding hydrogens is 214 g/mol. The van der Waals surface area contributed by atoms with Crippen LogP contribution in [0, 0.1) is 0 Å². The summed E-state index contributed by atoms with van der Waals surface area (Å²) in [5.41, 5.74) is 0. The molecule has 96 valence electrons. The summed E-state index contributed by atoms with van der Waals surface area (Å²) >= 11 is 0. The van der Waals surface area contributed by atoms with Crippen LogP contribution in [0.5, 0.6) is 0 Å². The quantitative estimate of drug-likeness (QED) is 0.820. The maximum absolute atomic E-state index is 5.91. The molecule has 4 heteroatoms. The third-order valence-electron chi connectivity index (χ3n) is 3.43. The van der Waals surface area contributed by atoms with Crippen LogP contribution >= 0.6 is 0 Å². The van der Waals surface area contributed by atoms with E-state index in [-0.39, 0.29) is 0 Å². The number of hydrogen-bond acceptors (Lipinski definition) is 3. The zero-order valence-electron chi connectivity index (χ0n) is 10.6. The number of hydrogen-bond donors (Lipinski definition) is 1. The first-order valence-electron chi connectivity index (χ1n) is 6.69. The molecule has 0 aromatic carbocycles. The van der Waals surface area contributed by atoms with Gasteiger partial charge in [-0.25, -0.2) is 4.98 Å². The highest BCUT2D eigenvalue weighted by Crippen LogP contribution is 2.21. The monoisotopic (exact) mass is 237 g/mol. The van der Waals surface area contributed by atoms with Gasteiger partial charge in [-0.2, -0.15) is 0 Å². The number of ether oxygens (including phenoxy) is 1. The van der Waals surface area contributed by atoms with Gasteiger partial charge in [-0.05, 0) is 32.2 Å². The zero-order valence-corrected chi connectivity index (χ0v) is 10.6. The molecule has 0 unspecified atom stereocenters. The van der Waals surface area contributed by atoms with Gasteiger partial charge in [-0.1, -0.05) is 6.92 Å². The fourth-order valence-electron chi connectivity index (χ4n) is 2.47. The molecule has 1 aliphatic carbocycles. The SMILES string of the molecule is CCNC1CCC(OCCn2ccnc2)CC1. The number of nitrogens with one attached hydrogen (secondary N) is 1. The first-order valence-corrected chi connectivity index (χ1v) is 6.69. The summed E-state index contributed by atoms with van der Waals surface area (Å²) in [6.07, 6.45) is 11.0. The van der Waals surface area contributed by atoms with Crippen LogP contribution in [0.15, 0.2) is 18.7 Å². The number of aromatic nitrogens is 2. The second-order valence-corrected chi connectivity index (χ2v) is 4.70. The van der Waals surface area contributed by atoms with Crippen LogP contribution in [-0.4, -0.2) is 34.8 Å². The predicted molar refractivity (Wildman–Crippen MR) is 67.9 cm³/mol. The normalized spacial score (nSPS) is 25.0. The smallest absolute Gasteiger partial charge is 0.0946 e. The summed E-state index contributed by atoms with van der Waals surface area (Å²) in [5, 5.41) is 3.52. The summed E-state index contributed by atoms with van der Waals surface area (Å²) in [5.74, 6) is 0. The molecule has 0 aliphatic heterocycles. The summed E-state index contributed by atoms with van der Waals surface area (Å²) < 4.78 is 7.97. The van der Waals surface area contributed by atoms with Gasteiger partial charge >= 0.3 is 0 Å². The molecule has 1 aromatic rings. The molecule has 4 nitrogen and oxygen atoms in total. The van der Waals surface area contributed by atoms with Crippen molar-refractivity contribution in [2.24, 2.45) is 0 Å². The molecule has 1 saturated carbocycles. The van der Waals surface area contributed by atoms with Crippen LogP contribution in [0.25, 0.3) is 0 Å². The average Bonchev–Trinajstić information content (AvgIpc) is 2.85. The molecule has 0 bridgehead atoms. The van der Waals surface area contributed by atoms with Crippen LogP contribution in [0.4, 0.5) is 0 Å². The molecule has 1 N–H and O–H groups in total. The molecule has 1 heterocycles. The second kappa shape index (κ2) is 6.77. The van der Waals surface area contributed by atoms with E-state index in [1.165, 1.54) is 25.7 Å². The van der Waals surface area contributed by atoms with Crippen molar-refractivity contribution >= 4 is 0 Å². The Hall–Kier alpha value is -0.870. The fraction of sp³-hybridized carbons (Fsp3) is 0.769. The standard InChI is InChI=1S/C13H23N3O/c1-2-15-12-3-5-13(6-4-12)17-10-9-16-8-7-14-11-16/h7-8,11-13,15H,2-6,9-10H2,1H3. The zero-order chi connectivity index (χ0) is 11.9. The van der Waals surface area contributed by atoms with Gasteiger partial charge in [0.1, 0.15) is 0 Å². The maximum atomic E-state index is 5.91. The second-order valence-electron chi connectivity index (χ2n) is 4.70. The number of imidazole rings is 1. The summed E-state index contributed by atoms with van der Waals surface area (Å²) in [4.78, 5) is 4.02. The molecule has 0 spiro atoms. The van der Waals surface area contributed by atoms with E-state index in [0.29, 0.717) is 12.1 Å². The lowest BCUT2D eigenvalue weighted by molar-refractivity contribution is 0.0185. The van der Waals surface area contributed by atoms with Gasteiger partial charge in [0.25, 0.3) is 0 Å². The Morgan fingerprint density at radius 3 is 2.82 bits per heavy atom. The molecule has 1 aromatic heterocycles. The predicted octanol–water partition coefficient (Wildman–Crippen LogP) is 1.82. The van der Waals surface area contributed by atoms with Crippen molar-refractivity contribution in [3.63, 3.8) is 0 Å². The largest absolute Gasteiger partial charge is 0.376 e. The van der Waals surface area contributed by atoms with Crippen LogP contribution in [0.1, 0.15) is 32.6 Å². The van der Waals surface area contributed by atoms with E-state index >= 15 is 0 Å². The van der Waals surface area contributed by atoms with E-state index < -0.39 is 0 Å². The third kappa shape index (κ3) is 4.13. The van der Waals surface area contributed by atoms with Gasteiger partial charge < -0.3 is 14.6 Å². The number of rotatable bonds is 6. The molecule has 1 aliphatic rings. The topological polar surface area (TPSA) is 39.1 Å². The molecule has 0 radical (unpaired) electrons. The minimum atomic E-state index is 0.466. The maximum Gasteiger partial charge on any atom is 0.0946 e. The van der Waals surface area contributed by atoms with E-state index in [2.05, 4.69) is 21.8 Å². The van der Waals surface area contributed by atoms with Crippen molar-refractivity contribution < 1.29 is 4.74 Å². The van der Waals surface area contributed by atoms with E-state index in [4.69, 9.17) is 4.74 Å². The lowest BCUT2D eigenvalue weighted by Crippen LogP contribution is -2.35. The van der Waals surface area contributed by atoms with Crippen molar-refractivity contribution in [2.45, 2.75) is 51.3 Å². The van der Waals surface area contributed by atoms with Gasteiger partial charge in [0, 0.05) is 25.0 Å².